The fraction of sp³-hybridized carbons (Fsp3) is 0.933. The second-order valence-corrected chi connectivity index (χ2v) is 7.20. The summed E-state index contributed by atoms with van der Waals surface area (Å²) < 4.78 is 0. The van der Waals surface area contributed by atoms with Crippen LogP contribution in [-0.2, 0) is 4.79 Å². The third-order valence-corrected chi connectivity index (χ3v) is 5.71. The molecular weight excluding hydrogens is 210 g/mol. The van der Waals surface area contributed by atoms with Gasteiger partial charge in [0.2, 0.25) is 0 Å². The van der Waals surface area contributed by atoms with Gasteiger partial charge in [0.15, 0.2) is 5.78 Å². The Morgan fingerprint density at radius 3 is 1.82 bits per heavy atom. The molecule has 0 aromatic heterocycles. The Morgan fingerprint density at radius 2 is 1.47 bits per heavy atom. The molecule has 0 aliphatic heterocycles. The van der Waals surface area contributed by atoms with Gasteiger partial charge in [-0.15, -0.1) is 0 Å². The number of hydrogen-bond donors (Lipinski definition) is 0. The van der Waals surface area contributed by atoms with Crippen molar-refractivity contribution in [3.8, 4) is 0 Å². The smallest absolute Gasteiger partial charge is 0.155 e. The lowest BCUT2D eigenvalue weighted by Gasteiger charge is -2.56. The molecule has 0 unspecified atom stereocenters. The van der Waals surface area contributed by atoms with E-state index in [4.69, 9.17) is 0 Å². The highest BCUT2D eigenvalue weighted by Gasteiger charge is 2.55. The van der Waals surface area contributed by atoms with Gasteiger partial charge < -0.3 is 0 Å². The molecule has 0 heterocycles. The summed E-state index contributed by atoms with van der Waals surface area (Å²) in [5.41, 5.74) is 0.0818. The summed E-state index contributed by atoms with van der Waals surface area (Å²) in [5, 5.41) is 0. The van der Waals surface area contributed by atoms with Gasteiger partial charge in [0.05, 0.1) is 6.04 Å². The van der Waals surface area contributed by atoms with E-state index in [1.165, 1.54) is 38.5 Å². The van der Waals surface area contributed by atoms with Crippen molar-refractivity contribution in [3.05, 3.63) is 0 Å². The van der Waals surface area contributed by atoms with E-state index in [1.807, 2.05) is 14.1 Å². The van der Waals surface area contributed by atoms with Crippen LogP contribution in [-0.4, -0.2) is 30.8 Å². The highest BCUT2D eigenvalue weighted by molar-refractivity contribution is 5.89. The minimum atomic E-state index is 0.0818. The normalized spacial score (nSPS) is 45.3. The van der Waals surface area contributed by atoms with Crippen molar-refractivity contribution in [2.45, 2.75) is 51.5 Å². The third kappa shape index (κ3) is 1.76. The lowest BCUT2D eigenvalue weighted by molar-refractivity contribution is -0.148. The SMILES string of the molecule is C[C@H](C(=O)C12CC3CC(CC(C3)C1)C2)N(C)C. The maximum Gasteiger partial charge on any atom is 0.155 e. The Bertz CT molecular complexity index is 299. The Morgan fingerprint density at radius 1 is 1.06 bits per heavy atom. The zero-order valence-electron chi connectivity index (χ0n) is 11.4. The Hall–Kier alpha value is -0.370. The van der Waals surface area contributed by atoms with Gasteiger partial charge in [0.25, 0.3) is 0 Å². The predicted molar refractivity (Wildman–Crippen MR) is 68.8 cm³/mol. The molecule has 0 spiro atoms. The summed E-state index contributed by atoms with van der Waals surface area (Å²) in [6.07, 6.45) is 7.87. The van der Waals surface area contributed by atoms with Crippen LogP contribution in [0.15, 0.2) is 0 Å². The Balaban J connectivity index is 1.84. The first kappa shape index (κ1) is 11.7. The zero-order valence-corrected chi connectivity index (χ0v) is 11.4. The molecule has 2 nitrogen and oxygen atoms in total. The molecule has 4 fully saturated rings. The standard InChI is InChI=1S/C15H25NO/c1-10(16(2)3)14(17)15-7-11-4-12(8-15)6-13(5-11)9-15/h10-13H,4-9H2,1-3H3/t10-,11?,12?,13?,15?/m1/s1. The van der Waals surface area contributed by atoms with Crippen molar-refractivity contribution < 1.29 is 4.79 Å². The van der Waals surface area contributed by atoms with Crippen LogP contribution in [0, 0.1) is 23.2 Å². The van der Waals surface area contributed by atoms with Gasteiger partial charge >= 0.3 is 0 Å². The summed E-state index contributed by atoms with van der Waals surface area (Å²) in [6.45, 7) is 2.08. The summed E-state index contributed by atoms with van der Waals surface area (Å²) in [6, 6.07) is 0.103. The molecule has 0 N–H and O–H groups in total. The lowest BCUT2D eigenvalue weighted by atomic mass is 9.48. The average Bonchev–Trinajstić information content (AvgIpc) is 2.25. The van der Waals surface area contributed by atoms with E-state index >= 15 is 0 Å². The summed E-state index contributed by atoms with van der Waals surface area (Å²) in [5.74, 6) is 3.17. The van der Waals surface area contributed by atoms with E-state index in [1.54, 1.807) is 0 Å². The fourth-order valence-corrected chi connectivity index (χ4v) is 5.09. The highest BCUT2D eigenvalue weighted by atomic mass is 16.1. The second kappa shape index (κ2) is 3.81. The first-order valence-corrected chi connectivity index (χ1v) is 7.21. The van der Waals surface area contributed by atoms with Crippen LogP contribution in [0.4, 0.5) is 0 Å². The number of rotatable bonds is 3. The van der Waals surface area contributed by atoms with E-state index in [2.05, 4.69) is 11.8 Å². The average molecular weight is 235 g/mol. The fourth-order valence-electron chi connectivity index (χ4n) is 5.09. The van der Waals surface area contributed by atoms with Crippen molar-refractivity contribution in [3.63, 3.8) is 0 Å². The third-order valence-electron chi connectivity index (χ3n) is 5.71. The number of hydrogen-bond acceptors (Lipinski definition) is 2. The lowest BCUT2D eigenvalue weighted by Crippen LogP contribution is -2.54. The molecule has 96 valence electrons. The summed E-state index contributed by atoms with van der Waals surface area (Å²) >= 11 is 0. The maximum absolute atomic E-state index is 12.8. The zero-order chi connectivity index (χ0) is 12.2. The van der Waals surface area contributed by atoms with Crippen LogP contribution in [0.25, 0.3) is 0 Å². The van der Waals surface area contributed by atoms with Crippen LogP contribution in [0.5, 0.6) is 0 Å². The van der Waals surface area contributed by atoms with Gasteiger partial charge in [-0.2, -0.15) is 0 Å². The molecule has 4 aliphatic carbocycles. The van der Waals surface area contributed by atoms with Crippen molar-refractivity contribution in [2.75, 3.05) is 14.1 Å². The molecule has 4 saturated carbocycles. The van der Waals surface area contributed by atoms with Gasteiger partial charge in [-0.1, -0.05) is 0 Å². The van der Waals surface area contributed by atoms with Crippen molar-refractivity contribution in [1.29, 1.82) is 0 Å². The molecular formula is C15H25NO. The number of Topliss-reactive ketones (excluding diaryl/α,β-unsaturated/α-hetero) is 1. The Kier molecular flexibility index (Phi) is 2.62. The van der Waals surface area contributed by atoms with Crippen LogP contribution in [0.3, 0.4) is 0 Å². The molecule has 0 aromatic rings. The first-order valence-electron chi connectivity index (χ1n) is 7.21. The van der Waals surface area contributed by atoms with Crippen LogP contribution in [0.2, 0.25) is 0 Å². The molecule has 4 rings (SSSR count). The molecule has 0 radical (unpaired) electrons. The van der Waals surface area contributed by atoms with Gasteiger partial charge in [-0.25, -0.2) is 0 Å². The van der Waals surface area contributed by atoms with Crippen LogP contribution in [0.1, 0.15) is 45.4 Å². The number of carbonyl (C=O) groups excluding carboxylic acids is 1. The number of carbonyl (C=O) groups is 1. The van der Waals surface area contributed by atoms with Gasteiger partial charge in [0.1, 0.15) is 0 Å². The van der Waals surface area contributed by atoms with Gasteiger partial charge in [-0.3, -0.25) is 9.69 Å². The van der Waals surface area contributed by atoms with E-state index in [9.17, 15) is 4.79 Å². The minimum Gasteiger partial charge on any atom is -0.300 e. The summed E-state index contributed by atoms with van der Waals surface area (Å²) in [4.78, 5) is 14.9. The van der Waals surface area contributed by atoms with Crippen LogP contribution < -0.4 is 0 Å². The number of nitrogens with zero attached hydrogens (tertiary/aromatic N) is 1. The van der Waals surface area contributed by atoms with E-state index in [0.717, 1.165) is 17.8 Å². The monoisotopic (exact) mass is 235 g/mol. The van der Waals surface area contributed by atoms with E-state index < -0.39 is 0 Å². The van der Waals surface area contributed by atoms with Crippen molar-refractivity contribution >= 4 is 5.78 Å². The minimum absolute atomic E-state index is 0.0818. The molecule has 1 atom stereocenters. The molecule has 2 heteroatoms. The number of likely N-dealkylation sites (N-methyl/N-ethyl adjacent to an activating group) is 1. The molecule has 4 aliphatic rings. The topological polar surface area (TPSA) is 20.3 Å². The maximum atomic E-state index is 12.8. The number of ketones is 1. The second-order valence-electron chi connectivity index (χ2n) is 7.20. The summed E-state index contributed by atoms with van der Waals surface area (Å²) in [7, 11) is 4.06. The van der Waals surface area contributed by atoms with E-state index in [0.29, 0.717) is 5.78 Å². The molecule has 4 bridgehead atoms. The first-order chi connectivity index (χ1) is 8.00. The van der Waals surface area contributed by atoms with Crippen molar-refractivity contribution in [2.24, 2.45) is 23.2 Å². The quantitative estimate of drug-likeness (QED) is 0.749. The predicted octanol–water partition coefficient (Wildman–Crippen LogP) is 2.72. The molecule has 0 amide bonds. The van der Waals surface area contributed by atoms with Crippen molar-refractivity contribution in [1.82, 2.24) is 4.90 Å². The Labute approximate surface area is 105 Å². The largest absolute Gasteiger partial charge is 0.300 e. The van der Waals surface area contributed by atoms with Gasteiger partial charge in [-0.05, 0) is 77.3 Å². The highest BCUT2D eigenvalue weighted by Crippen LogP contribution is 2.60. The molecule has 0 saturated heterocycles. The van der Waals surface area contributed by atoms with E-state index in [-0.39, 0.29) is 11.5 Å². The molecule has 0 aromatic carbocycles. The molecule has 17 heavy (non-hydrogen) atoms. The van der Waals surface area contributed by atoms with Gasteiger partial charge in [0, 0.05) is 5.41 Å². The van der Waals surface area contributed by atoms with Crippen LogP contribution >= 0.6 is 0 Å².